The highest BCUT2D eigenvalue weighted by molar-refractivity contribution is 5.83. The van der Waals surface area contributed by atoms with Gasteiger partial charge < -0.3 is 20.1 Å². The molecule has 0 rings (SSSR count). The molecule has 0 bridgehead atoms. The van der Waals surface area contributed by atoms with Crippen LogP contribution in [0.3, 0.4) is 0 Å². The number of rotatable bonds is 16. The first-order chi connectivity index (χ1) is 12.3. The number of carbonyl (C=O) groups excluding carboxylic acids is 2. The van der Waals surface area contributed by atoms with Crippen LogP contribution < -0.4 is 15.3 Å². The van der Waals surface area contributed by atoms with Gasteiger partial charge in [-0.25, -0.2) is 0 Å². The Bertz CT molecular complexity index is 385. The number of carboxylic acid groups (broad SMARTS) is 1. The highest BCUT2D eigenvalue weighted by Crippen LogP contribution is 2.24. The van der Waals surface area contributed by atoms with E-state index in [9.17, 15) is 14.7 Å². The molecule has 3 unspecified atom stereocenters. The number of hydrogen-bond acceptors (Lipinski definition) is 3. The molecule has 0 aromatic heterocycles. The predicted molar refractivity (Wildman–Crippen MR) is 105 cm³/mol. The van der Waals surface area contributed by atoms with Crippen LogP contribution in [-0.2, 0) is 9.59 Å². The fourth-order valence-electron chi connectivity index (χ4n) is 3.33. The molecule has 0 aliphatic rings. The molecular formula is C21H42N2O3. The van der Waals surface area contributed by atoms with Gasteiger partial charge in [-0.1, -0.05) is 65.7 Å². The van der Waals surface area contributed by atoms with Crippen LogP contribution in [0.4, 0.5) is 0 Å². The average molecular weight is 371 g/mol. The molecule has 1 amide bonds. The lowest BCUT2D eigenvalue weighted by atomic mass is 9.83. The zero-order valence-corrected chi connectivity index (χ0v) is 17.7. The predicted octanol–water partition coefficient (Wildman–Crippen LogP) is 1.42. The van der Waals surface area contributed by atoms with Gasteiger partial charge in [-0.3, -0.25) is 4.79 Å². The summed E-state index contributed by atoms with van der Waals surface area (Å²) in [6, 6.07) is 0. The molecule has 3 atom stereocenters. The number of hydrogen-bond donors (Lipinski definition) is 2. The Kier molecular flexibility index (Phi) is 14.4. The van der Waals surface area contributed by atoms with Gasteiger partial charge in [-0.15, -0.1) is 0 Å². The first-order valence-corrected chi connectivity index (χ1v) is 10.6. The van der Waals surface area contributed by atoms with E-state index in [1.807, 2.05) is 0 Å². The summed E-state index contributed by atoms with van der Waals surface area (Å²) >= 11 is 0. The van der Waals surface area contributed by atoms with Gasteiger partial charge in [0.05, 0.1) is 20.6 Å². The van der Waals surface area contributed by atoms with E-state index in [1.165, 1.54) is 37.0 Å². The molecule has 5 nitrogen and oxygen atoms in total. The van der Waals surface area contributed by atoms with Crippen LogP contribution >= 0.6 is 0 Å². The van der Waals surface area contributed by atoms with Gasteiger partial charge in [0.25, 0.3) is 0 Å². The molecule has 5 heteroatoms. The Morgan fingerprint density at radius 1 is 1.00 bits per heavy atom. The summed E-state index contributed by atoms with van der Waals surface area (Å²) in [6.45, 7) is 7.59. The smallest absolute Gasteiger partial charge is 0.223 e. The van der Waals surface area contributed by atoms with Gasteiger partial charge >= 0.3 is 0 Å². The quantitative estimate of drug-likeness (QED) is 0.404. The monoisotopic (exact) mass is 370 g/mol. The molecule has 2 N–H and O–H groups in total. The Morgan fingerprint density at radius 3 is 2.19 bits per heavy atom. The number of carboxylic acids is 1. The second kappa shape index (κ2) is 15.0. The summed E-state index contributed by atoms with van der Waals surface area (Å²) in [6.07, 6.45) is 9.89. The number of quaternary nitrogens is 1. The molecule has 0 aliphatic heterocycles. The van der Waals surface area contributed by atoms with Crippen LogP contribution in [0.2, 0.25) is 0 Å². The minimum Gasteiger partial charge on any atom is -0.550 e. The van der Waals surface area contributed by atoms with Crippen molar-refractivity contribution in [2.75, 3.05) is 27.2 Å². The molecular weight excluding hydrogens is 328 g/mol. The van der Waals surface area contributed by atoms with E-state index < -0.39 is 17.8 Å². The van der Waals surface area contributed by atoms with Crippen molar-refractivity contribution in [3.05, 3.63) is 0 Å². The van der Waals surface area contributed by atoms with E-state index in [2.05, 4.69) is 33.3 Å². The molecule has 0 saturated carbocycles. The zero-order valence-electron chi connectivity index (χ0n) is 17.7. The Balaban J connectivity index is 4.22. The summed E-state index contributed by atoms with van der Waals surface area (Å²) < 4.78 is 0. The van der Waals surface area contributed by atoms with Crippen LogP contribution in [-0.4, -0.2) is 39.1 Å². The number of carbonyl (C=O) groups is 2. The second-order valence-electron chi connectivity index (χ2n) is 8.21. The first kappa shape index (κ1) is 24.9. The molecule has 0 saturated heterocycles. The first-order valence-electron chi connectivity index (χ1n) is 10.6. The van der Waals surface area contributed by atoms with Crippen LogP contribution in [0.5, 0.6) is 0 Å². The van der Waals surface area contributed by atoms with Gasteiger partial charge in [0.15, 0.2) is 0 Å². The minimum atomic E-state index is -1.10. The van der Waals surface area contributed by atoms with Crippen molar-refractivity contribution >= 4 is 11.9 Å². The summed E-state index contributed by atoms with van der Waals surface area (Å²) in [4.78, 5) is 25.2. The van der Waals surface area contributed by atoms with Crippen molar-refractivity contribution in [1.82, 2.24) is 5.32 Å². The Morgan fingerprint density at radius 2 is 1.62 bits per heavy atom. The number of nitrogens with one attached hydrogen (secondary N) is 2. The summed E-state index contributed by atoms with van der Waals surface area (Å²) in [7, 11) is 4.14. The largest absolute Gasteiger partial charge is 0.550 e. The molecule has 154 valence electrons. The molecule has 0 heterocycles. The Labute approximate surface area is 160 Å². The van der Waals surface area contributed by atoms with Crippen molar-refractivity contribution in [2.24, 2.45) is 17.8 Å². The molecule has 26 heavy (non-hydrogen) atoms. The maximum atomic E-state index is 12.3. The molecule has 0 fully saturated rings. The molecule has 0 aromatic carbocycles. The molecule has 0 aromatic rings. The average Bonchev–Trinajstić information content (AvgIpc) is 2.58. The fraction of sp³-hybridized carbons (Fsp3) is 0.905. The van der Waals surface area contributed by atoms with E-state index in [0.717, 1.165) is 25.8 Å². The van der Waals surface area contributed by atoms with Crippen molar-refractivity contribution in [3.63, 3.8) is 0 Å². The minimum absolute atomic E-state index is 0.167. The lowest BCUT2D eigenvalue weighted by Gasteiger charge is -2.27. The molecule has 0 spiro atoms. The topological polar surface area (TPSA) is 73.7 Å². The van der Waals surface area contributed by atoms with Gasteiger partial charge in [0.2, 0.25) is 5.91 Å². The van der Waals surface area contributed by atoms with Crippen LogP contribution in [0, 0.1) is 17.8 Å². The highest BCUT2D eigenvalue weighted by Gasteiger charge is 2.26. The van der Waals surface area contributed by atoms with E-state index in [4.69, 9.17) is 0 Å². The summed E-state index contributed by atoms with van der Waals surface area (Å²) in [5, 5.41) is 14.4. The van der Waals surface area contributed by atoms with Crippen LogP contribution in [0.25, 0.3) is 0 Å². The van der Waals surface area contributed by atoms with Crippen molar-refractivity contribution < 1.29 is 19.6 Å². The van der Waals surface area contributed by atoms with Crippen LogP contribution in [0.1, 0.15) is 78.6 Å². The van der Waals surface area contributed by atoms with E-state index in [0.29, 0.717) is 18.9 Å². The maximum Gasteiger partial charge on any atom is 0.223 e. The van der Waals surface area contributed by atoms with Crippen molar-refractivity contribution in [3.8, 4) is 0 Å². The lowest BCUT2D eigenvalue weighted by molar-refractivity contribution is -0.858. The second-order valence-corrected chi connectivity index (χ2v) is 8.21. The third-order valence-corrected chi connectivity index (χ3v) is 5.18. The van der Waals surface area contributed by atoms with Crippen molar-refractivity contribution in [2.45, 2.75) is 78.6 Å². The van der Waals surface area contributed by atoms with Crippen molar-refractivity contribution in [1.29, 1.82) is 0 Å². The maximum absolute atomic E-state index is 12.3. The van der Waals surface area contributed by atoms with Crippen LogP contribution in [0.15, 0.2) is 0 Å². The van der Waals surface area contributed by atoms with Gasteiger partial charge in [-0.05, 0) is 12.3 Å². The fourth-order valence-corrected chi connectivity index (χ4v) is 3.33. The number of aliphatic carboxylic acids is 1. The van der Waals surface area contributed by atoms with Gasteiger partial charge in [-0.2, -0.15) is 0 Å². The van der Waals surface area contributed by atoms with E-state index in [1.54, 1.807) is 6.92 Å². The zero-order chi connectivity index (χ0) is 19.9. The highest BCUT2D eigenvalue weighted by atomic mass is 16.4. The third-order valence-electron chi connectivity index (χ3n) is 5.18. The number of unbranched alkanes of at least 4 members (excludes halogenated alkanes) is 5. The SMILES string of the molecule is CCCCCCCCC(C)CC(C(=O)[O-])C(C)C(=O)NCCC[NH+](C)C. The number of amides is 1. The molecule has 0 radical (unpaired) electrons. The Hall–Kier alpha value is -1.10. The lowest BCUT2D eigenvalue weighted by Crippen LogP contribution is -3.05. The molecule has 0 aliphatic carbocycles. The summed E-state index contributed by atoms with van der Waals surface area (Å²) in [5.41, 5.74) is 0. The summed E-state index contributed by atoms with van der Waals surface area (Å²) in [5.74, 6) is -2.21. The van der Waals surface area contributed by atoms with E-state index in [-0.39, 0.29) is 5.91 Å². The van der Waals surface area contributed by atoms with Gasteiger partial charge in [0.1, 0.15) is 0 Å². The van der Waals surface area contributed by atoms with E-state index >= 15 is 0 Å². The standard InChI is InChI=1S/C21H42N2O3/c1-6-7-8-9-10-11-13-17(2)16-19(21(25)26)18(3)20(24)22-14-12-15-23(4)5/h17-19H,6-16H2,1-5H3,(H,22,24)(H,25,26). The normalized spacial score (nSPS) is 14.8. The van der Waals surface area contributed by atoms with Gasteiger partial charge in [0, 0.05) is 30.8 Å². The third kappa shape index (κ3) is 12.3.